The second-order valence-corrected chi connectivity index (χ2v) is 4.12. The summed E-state index contributed by atoms with van der Waals surface area (Å²) in [5.74, 6) is -1.20. The molecule has 0 radical (unpaired) electrons. The number of rotatable bonds is 3. The highest BCUT2D eigenvalue weighted by Crippen LogP contribution is 2.23. The fraction of sp³-hybridized carbons (Fsp3) is 0.0909. The van der Waals surface area contributed by atoms with Crippen LogP contribution in [0.5, 0.6) is 0 Å². The van der Waals surface area contributed by atoms with Crippen LogP contribution in [0.4, 0.5) is 20.3 Å². The molecule has 0 spiro atoms. The van der Waals surface area contributed by atoms with Gasteiger partial charge in [-0.1, -0.05) is 12.2 Å². The SMILES string of the molecule is Cn1ccc(Nc2c(F)cc(C(N)=S)cc2F)n1. The number of nitrogens with two attached hydrogens (primary N) is 1. The first kappa shape index (κ1) is 12.4. The van der Waals surface area contributed by atoms with Gasteiger partial charge in [-0.05, 0) is 12.1 Å². The third-order valence-electron chi connectivity index (χ3n) is 2.29. The highest BCUT2D eigenvalue weighted by Gasteiger charge is 2.13. The summed E-state index contributed by atoms with van der Waals surface area (Å²) in [5.41, 5.74) is 5.18. The van der Waals surface area contributed by atoms with Gasteiger partial charge in [-0.15, -0.1) is 0 Å². The lowest BCUT2D eigenvalue weighted by Gasteiger charge is -2.08. The minimum absolute atomic E-state index is 0.0582. The largest absolute Gasteiger partial charge is 0.389 e. The van der Waals surface area contributed by atoms with Gasteiger partial charge in [0.15, 0.2) is 5.82 Å². The zero-order chi connectivity index (χ0) is 13.3. The third-order valence-corrected chi connectivity index (χ3v) is 2.53. The lowest BCUT2D eigenvalue weighted by molar-refractivity contribution is 0.590. The maximum atomic E-state index is 13.7. The van der Waals surface area contributed by atoms with Crippen molar-refractivity contribution in [2.75, 3.05) is 5.32 Å². The number of hydrogen-bond acceptors (Lipinski definition) is 3. The zero-order valence-electron chi connectivity index (χ0n) is 9.45. The van der Waals surface area contributed by atoms with E-state index in [4.69, 9.17) is 5.73 Å². The van der Waals surface area contributed by atoms with Crippen molar-refractivity contribution in [2.24, 2.45) is 12.8 Å². The molecule has 1 aromatic heterocycles. The van der Waals surface area contributed by atoms with E-state index >= 15 is 0 Å². The standard InChI is InChI=1S/C11H10F2N4S/c1-17-3-2-9(16-17)15-10-7(12)4-6(11(14)18)5-8(10)13/h2-5H,1H3,(H2,14,18)(H,15,16). The highest BCUT2D eigenvalue weighted by atomic mass is 32.1. The topological polar surface area (TPSA) is 55.9 Å². The lowest BCUT2D eigenvalue weighted by atomic mass is 10.2. The molecular formula is C11H10F2N4S. The van der Waals surface area contributed by atoms with Crippen LogP contribution < -0.4 is 11.1 Å². The summed E-state index contributed by atoms with van der Waals surface area (Å²) in [6.07, 6.45) is 1.65. The van der Waals surface area contributed by atoms with Gasteiger partial charge in [0.25, 0.3) is 0 Å². The average Bonchev–Trinajstić information content (AvgIpc) is 2.69. The van der Waals surface area contributed by atoms with E-state index in [9.17, 15) is 8.78 Å². The quantitative estimate of drug-likeness (QED) is 0.837. The monoisotopic (exact) mass is 268 g/mol. The summed E-state index contributed by atoms with van der Waals surface area (Å²) in [6, 6.07) is 3.76. The highest BCUT2D eigenvalue weighted by molar-refractivity contribution is 7.80. The van der Waals surface area contributed by atoms with Gasteiger partial charge >= 0.3 is 0 Å². The summed E-state index contributed by atoms with van der Waals surface area (Å²) < 4.78 is 28.9. The van der Waals surface area contributed by atoms with Crippen molar-refractivity contribution in [1.82, 2.24) is 9.78 Å². The Morgan fingerprint density at radius 3 is 2.44 bits per heavy atom. The van der Waals surface area contributed by atoms with Crippen molar-refractivity contribution in [3.8, 4) is 0 Å². The van der Waals surface area contributed by atoms with Crippen molar-refractivity contribution in [2.45, 2.75) is 0 Å². The molecule has 0 aliphatic heterocycles. The molecule has 4 nitrogen and oxygen atoms in total. The van der Waals surface area contributed by atoms with Crippen LogP contribution >= 0.6 is 12.2 Å². The van der Waals surface area contributed by atoms with Gasteiger partial charge in [0.2, 0.25) is 0 Å². The number of hydrogen-bond donors (Lipinski definition) is 2. The smallest absolute Gasteiger partial charge is 0.152 e. The van der Waals surface area contributed by atoms with Crippen LogP contribution in [0.1, 0.15) is 5.56 Å². The predicted molar refractivity (Wildman–Crippen MR) is 68.7 cm³/mol. The van der Waals surface area contributed by atoms with Crippen LogP contribution in [0.15, 0.2) is 24.4 Å². The summed E-state index contributed by atoms with van der Waals surface area (Å²) in [6.45, 7) is 0. The Balaban J connectivity index is 2.37. The fourth-order valence-electron chi connectivity index (χ4n) is 1.44. The van der Waals surface area contributed by atoms with Gasteiger partial charge in [-0.3, -0.25) is 4.68 Å². The molecule has 0 fully saturated rings. The molecule has 0 unspecified atom stereocenters. The van der Waals surface area contributed by atoms with Crippen molar-refractivity contribution in [1.29, 1.82) is 0 Å². The number of aryl methyl sites for hydroxylation is 1. The minimum atomic E-state index is -0.775. The number of halogens is 2. The summed E-state index contributed by atoms with van der Waals surface area (Å²) >= 11 is 4.67. The average molecular weight is 268 g/mol. The summed E-state index contributed by atoms with van der Waals surface area (Å²) in [5, 5.41) is 6.53. The molecule has 0 aliphatic carbocycles. The Labute approximate surface area is 107 Å². The van der Waals surface area contributed by atoms with Crippen LogP contribution in [-0.4, -0.2) is 14.8 Å². The van der Waals surface area contributed by atoms with Crippen molar-refractivity contribution in [3.05, 3.63) is 41.6 Å². The van der Waals surface area contributed by atoms with E-state index in [0.717, 1.165) is 12.1 Å². The Morgan fingerprint density at radius 2 is 2.00 bits per heavy atom. The Hall–Kier alpha value is -2.02. The van der Waals surface area contributed by atoms with E-state index in [1.54, 1.807) is 19.3 Å². The number of thiocarbonyl (C=S) groups is 1. The lowest BCUT2D eigenvalue weighted by Crippen LogP contribution is -2.11. The van der Waals surface area contributed by atoms with Crippen molar-refractivity contribution in [3.63, 3.8) is 0 Å². The second-order valence-electron chi connectivity index (χ2n) is 3.68. The number of anilines is 2. The van der Waals surface area contributed by atoms with E-state index in [2.05, 4.69) is 22.6 Å². The van der Waals surface area contributed by atoms with Gasteiger partial charge < -0.3 is 11.1 Å². The maximum Gasteiger partial charge on any atom is 0.152 e. The first-order valence-corrected chi connectivity index (χ1v) is 5.43. The molecule has 0 atom stereocenters. The Kier molecular flexibility index (Phi) is 3.24. The Bertz CT molecular complexity index is 586. The van der Waals surface area contributed by atoms with E-state index in [-0.39, 0.29) is 16.2 Å². The molecule has 2 rings (SSSR count). The molecule has 0 bridgehead atoms. The fourth-order valence-corrected chi connectivity index (χ4v) is 1.56. The molecule has 0 saturated heterocycles. The van der Waals surface area contributed by atoms with E-state index in [1.807, 2.05) is 0 Å². The molecule has 1 aromatic carbocycles. The third kappa shape index (κ3) is 2.45. The molecule has 0 saturated carbocycles. The van der Waals surface area contributed by atoms with Crippen LogP contribution in [0, 0.1) is 11.6 Å². The predicted octanol–water partition coefficient (Wildman–Crippen LogP) is 2.08. The molecule has 18 heavy (non-hydrogen) atoms. The maximum absolute atomic E-state index is 13.7. The van der Waals surface area contributed by atoms with Gasteiger partial charge in [0, 0.05) is 24.9 Å². The van der Waals surface area contributed by atoms with Gasteiger partial charge in [-0.2, -0.15) is 5.10 Å². The van der Waals surface area contributed by atoms with E-state index in [0.29, 0.717) is 5.82 Å². The normalized spacial score (nSPS) is 10.4. The second kappa shape index (κ2) is 4.69. The number of aromatic nitrogens is 2. The minimum Gasteiger partial charge on any atom is -0.389 e. The molecule has 3 N–H and O–H groups in total. The zero-order valence-corrected chi connectivity index (χ0v) is 10.3. The summed E-state index contributed by atoms with van der Waals surface area (Å²) in [4.78, 5) is -0.0582. The number of nitrogens with zero attached hydrogens (tertiary/aromatic N) is 2. The van der Waals surface area contributed by atoms with Gasteiger partial charge in [-0.25, -0.2) is 8.78 Å². The van der Waals surface area contributed by atoms with Crippen LogP contribution in [0.25, 0.3) is 0 Å². The van der Waals surface area contributed by atoms with E-state index < -0.39 is 11.6 Å². The number of benzene rings is 1. The first-order chi connectivity index (χ1) is 8.47. The van der Waals surface area contributed by atoms with E-state index in [1.165, 1.54) is 4.68 Å². The molecular weight excluding hydrogens is 258 g/mol. The van der Waals surface area contributed by atoms with Gasteiger partial charge in [0.05, 0.1) is 0 Å². The molecule has 94 valence electrons. The molecule has 0 aliphatic rings. The molecule has 1 heterocycles. The molecule has 2 aromatic rings. The van der Waals surface area contributed by atoms with Crippen LogP contribution in [0.2, 0.25) is 0 Å². The summed E-state index contributed by atoms with van der Waals surface area (Å²) in [7, 11) is 1.70. The van der Waals surface area contributed by atoms with Gasteiger partial charge in [0.1, 0.15) is 22.3 Å². The van der Waals surface area contributed by atoms with Crippen molar-refractivity contribution >= 4 is 28.7 Å². The first-order valence-electron chi connectivity index (χ1n) is 5.03. The van der Waals surface area contributed by atoms with Crippen molar-refractivity contribution < 1.29 is 8.78 Å². The molecule has 7 heteroatoms. The molecule has 0 amide bonds. The number of nitrogens with one attached hydrogen (secondary N) is 1. The van der Waals surface area contributed by atoms with Crippen LogP contribution in [-0.2, 0) is 7.05 Å². The Morgan fingerprint density at radius 1 is 1.39 bits per heavy atom. The van der Waals surface area contributed by atoms with Crippen LogP contribution in [0.3, 0.4) is 0 Å².